The minimum Gasteiger partial charge on any atom is -0.391 e. The fourth-order valence-electron chi connectivity index (χ4n) is 3.25. The van der Waals surface area contributed by atoms with Gasteiger partial charge in [0.15, 0.2) is 15.0 Å². The highest BCUT2D eigenvalue weighted by Gasteiger charge is 2.37. The molecule has 2 aromatic heterocycles. The molecule has 1 aliphatic carbocycles. The van der Waals surface area contributed by atoms with Gasteiger partial charge < -0.3 is 10.1 Å². The molecular weight excluding hydrogens is 356 g/mol. The molecule has 0 amide bonds. The third-order valence-electron chi connectivity index (χ3n) is 4.34. The summed E-state index contributed by atoms with van der Waals surface area (Å²) in [5.41, 5.74) is 0.970. The summed E-state index contributed by atoms with van der Waals surface area (Å²) in [6.07, 6.45) is 3.25. The molecule has 2 atom stereocenters. The monoisotopic (exact) mass is 372 g/mol. The van der Waals surface area contributed by atoms with E-state index in [1.165, 1.54) is 4.88 Å². The third-order valence-corrected chi connectivity index (χ3v) is 8.65. The van der Waals surface area contributed by atoms with Crippen LogP contribution in [0.25, 0.3) is 10.2 Å². The lowest BCUT2D eigenvalue weighted by Crippen LogP contribution is -2.21. The van der Waals surface area contributed by atoms with E-state index in [0.29, 0.717) is 10.5 Å². The summed E-state index contributed by atoms with van der Waals surface area (Å²) in [6.45, 7) is 0. The van der Waals surface area contributed by atoms with Crippen molar-refractivity contribution >= 4 is 43.2 Å². The normalized spacial score (nSPS) is 26.5. The van der Waals surface area contributed by atoms with Gasteiger partial charge in [0.1, 0.15) is 4.83 Å². The van der Waals surface area contributed by atoms with Gasteiger partial charge in [0.25, 0.3) is 5.56 Å². The Hall–Kier alpha value is -0.900. The lowest BCUT2D eigenvalue weighted by Gasteiger charge is -2.11. The van der Waals surface area contributed by atoms with Crippen molar-refractivity contribution in [2.75, 3.05) is 11.5 Å². The van der Waals surface area contributed by atoms with Crippen molar-refractivity contribution in [2.24, 2.45) is 0 Å². The third kappa shape index (κ3) is 2.84. The smallest absolute Gasteiger partial charge is 0.260 e. The summed E-state index contributed by atoms with van der Waals surface area (Å²) in [7, 11) is -3.21. The minimum absolute atomic E-state index is 0.0818. The van der Waals surface area contributed by atoms with Crippen molar-refractivity contribution in [1.82, 2.24) is 9.97 Å². The number of aromatic nitrogens is 2. The van der Waals surface area contributed by atoms with Gasteiger partial charge in [-0.15, -0.1) is 11.3 Å². The number of aliphatic hydroxyl groups excluding tert-OH is 1. The Labute approximate surface area is 141 Å². The van der Waals surface area contributed by atoms with Crippen molar-refractivity contribution in [3.8, 4) is 0 Å². The first kappa shape index (κ1) is 15.6. The van der Waals surface area contributed by atoms with Crippen LogP contribution in [-0.2, 0) is 22.7 Å². The molecule has 1 saturated heterocycles. The molecule has 0 unspecified atom stereocenters. The highest BCUT2D eigenvalue weighted by Crippen LogP contribution is 2.35. The van der Waals surface area contributed by atoms with Gasteiger partial charge in [-0.25, -0.2) is 13.4 Å². The largest absolute Gasteiger partial charge is 0.391 e. The van der Waals surface area contributed by atoms with Crippen LogP contribution in [0.15, 0.2) is 9.95 Å². The SMILES string of the molecule is O=c1[nH]c(S[C@@H]2CS(=O)(=O)C[C@@H]2O)nc2sc3c(c12)CCCC3. The van der Waals surface area contributed by atoms with Gasteiger partial charge in [-0.05, 0) is 31.2 Å². The average molecular weight is 372 g/mol. The summed E-state index contributed by atoms with van der Waals surface area (Å²) in [5, 5.41) is 10.5. The van der Waals surface area contributed by atoms with Gasteiger partial charge in [-0.3, -0.25) is 4.79 Å². The zero-order valence-corrected chi connectivity index (χ0v) is 14.7. The van der Waals surface area contributed by atoms with E-state index in [-0.39, 0.29) is 17.1 Å². The lowest BCUT2D eigenvalue weighted by molar-refractivity contribution is 0.207. The topological polar surface area (TPSA) is 100 Å². The van der Waals surface area contributed by atoms with E-state index < -0.39 is 21.2 Å². The van der Waals surface area contributed by atoms with Gasteiger partial charge in [-0.1, -0.05) is 11.8 Å². The molecule has 1 aliphatic heterocycles. The van der Waals surface area contributed by atoms with Crippen molar-refractivity contribution in [1.29, 1.82) is 0 Å². The number of thiophene rings is 1. The van der Waals surface area contributed by atoms with Crippen LogP contribution < -0.4 is 5.56 Å². The summed E-state index contributed by atoms with van der Waals surface area (Å²) in [6, 6.07) is 0. The van der Waals surface area contributed by atoms with Gasteiger partial charge in [0, 0.05) is 4.88 Å². The van der Waals surface area contributed by atoms with Gasteiger partial charge >= 0.3 is 0 Å². The average Bonchev–Trinajstić information content (AvgIpc) is 2.95. The number of nitrogens with zero attached hydrogens (tertiary/aromatic N) is 1. The van der Waals surface area contributed by atoms with Crippen molar-refractivity contribution in [2.45, 2.75) is 42.2 Å². The van der Waals surface area contributed by atoms with E-state index in [1.807, 2.05) is 0 Å². The molecule has 9 heteroatoms. The summed E-state index contributed by atoms with van der Waals surface area (Å²) in [4.78, 5) is 21.7. The van der Waals surface area contributed by atoms with Crippen molar-refractivity contribution in [3.63, 3.8) is 0 Å². The molecule has 23 heavy (non-hydrogen) atoms. The molecular formula is C14H16N2O4S3. The van der Waals surface area contributed by atoms with Crippen LogP contribution in [0.2, 0.25) is 0 Å². The second-order valence-corrected chi connectivity index (χ2v) is 10.5. The lowest BCUT2D eigenvalue weighted by atomic mass is 9.97. The Balaban J connectivity index is 1.71. The fraction of sp³-hybridized carbons (Fsp3) is 0.571. The molecule has 0 aromatic carbocycles. The first-order chi connectivity index (χ1) is 10.9. The van der Waals surface area contributed by atoms with Gasteiger partial charge in [0.2, 0.25) is 0 Å². The molecule has 0 spiro atoms. The highest BCUT2D eigenvalue weighted by molar-refractivity contribution is 8.01. The number of sulfone groups is 1. The number of rotatable bonds is 2. The van der Waals surface area contributed by atoms with E-state index in [0.717, 1.165) is 47.8 Å². The van der Waals surface area contributed by atoms with E-state index in [1.54, 1.807) is 11.3 Å². The molecule has 4 rings (SSSR count). The number of aromatic amines is 1. The fourth-order valence-corrected chi connectivity index (χ4v) is 8.04. The predicted molar refractivity (Wildman–Crippen MR) is 91.2 cm³/mol. The number of H-pyrrole nitrogens is 1. The highest BCUT2D eigenvalue weighted by atomic mass is 32.2. The van der Waals surface area contributed by atoms with Crippen LogP contribution in [0.4, 0.5) is 0 Å². The molecule has 0 saturated carbocycles. The zero-order chi connectivity index (χ0) is 16.2. The Morgan fingerprint density at radius 2 is 2.04 bits per heavy atom. The van der Waals surface area contributed by atoms with E-state index in [4.69, 9.17) is 0 Å². The quantitative estimate of drug-likeness (QED) is 0.766. The Bertz CT molecular complexity index is 931. The van der Waals surface area contributed by atoms with Crippen LogP contribution in [0.3, 0.4) is 0 Å². The molecule has 0 bridgehead atoms. The van der Waals surface area contributed by atoms with Crippen LogP contribution in [0.1, 0.15) is 23.3 Å². The summed E-state index contributed by atoms with van der Waals surface area (Å²) >= 11 is 2.71. The van der Waals surface area contributed by atoms with Crippen molar-refractivity contribution < 1.29 is 13.5 Å². The molecule has 1 fully saturated rings. The van der Waals surface area contributed by atoms with Crippen LogP contribution in [0, 0.1) is 0 Å². The van der Waals surface area contributed by atoms with Crippen LogP contribution in [0.5, 0.6) is 0 Å². The second-order valence-electron chi connectivity index (χ2n) is 6.06. The van der Waals surface area contributed by atoms with Gasteiger partial charge in [-0.2, -0.15) is 0 Å². The number of thioether (sulfide) groups is 1. The number of aliphatic hydroxyl groups is 1. The maximum atomic E-state index is 12.4. The van der Waals surface area contributed by atoms with Crippen LogP contribution >= 0.6 is 23.1 Å². The molecule has 0 radical (unpaired) electrons. The Kier molecular flexibility index (Phi) is 3.79. The van der Waals surface area contributed by atoms with Crippen molar-refractivity contribution in [3.05, 3.63) is 20.8 Å². The summed E-state index contributed by atoms with van der Waals surface area (Å²) in [5.74, 6) is -0.300. The molecule has 3 heterocycles. The number of fused-ring (bicyclic) bond motifs is 3. The Morgan fingerprint density at radius 1 is 1.26 bits per heavy atom. The second kappa shape index (κ2) is 5.58. The predicted octanol–water partition coefficient (Wildman–Crippen LogP) is 1.11. The number of hydrogen-bond donors (Lipinski definition) is 2. The first-order valence-electron chi connectivity index (χ1n) is 7.53. The Morgan fingerprint density at radius 3 is 2.78 bits per heavy atom. The zero-order valence-electron chi connectivity index (χ0n) is 12.2. The van der Waals surface area contributed by atoms with E-state index >= 15 is 0 Å². The molecule has 2 N–H and O–H groups in total. The molecule has 2 aromatic rings. The number of hydrogen-bond acceptors (Lipinski definition) is 7. The maximum Gasteiger partial charge on any atom is 0.260 e. The standard InChI is InChI=1S/C14H16N2O4S3/c17-8-5-23(19,20)6-10(8)22-14-15-12(18)11-7-3-1-2-4-9(7)21-13(11)16-14/h8,10,17H,1-6H2,(H,15,16,18)/t8-,10+/m0/s1. The van der Waals surface area contributed by atoms with E-state index in [9.17, 15) is 18.3 Å². The molecule has 124 valence electrons. The number of nitrogens with one attached hydrogen (secondary N) is 1. The number of aryl methyl sites for hydroxylation is 2. The van der Waals surface area contributed by atoms with Crippen LogP contribution in [-0.4, -0.2) is 46.4 Å². The van der Waals surface area contributed by atoms with Gasteiger partial charge in [0.05, 0.1) is 28.2 Å². The minimum atomic E-state index is -3.21. The molecule has 6 nitrogen and oxygen atoms in total. The molecule has 2 aliphatic rings. The summed E-state index contributed by atoms with van der Waals surface area (Å²) < 4.78 is 23.2. The van der Waals surface area contributed by atoms with E-state index in [2.05, 4.69) is 9.97 Å². The first-order valence-corrected chi connectivity index (χ1v) is 11.0. The maximum absolute atomic E-state index is 12.4.